The van der Waals surface area contributed by atoms with Gasteiger partial charge in [0.25, 0.3) is 0 Å². The van der Waals surface area contributed by atoms with Gasteiger partial charge in [-0.1, -0.05) is 36.8 Å². The van der Waals surface area contributed by atoms with E-state index in [2.05, 4.69) is 27.6 Å². The maximum Gasteiger partial charge on any atom is 0.230 e. The first-order chi connectivity index (χ1) is 10.1. The van der Waals surface area contributed by atoms with Gasteiger partial charge in [-0.05, 0) is 32.3 Å². The van der Waals surface area contributed by atoms with Gasteiger partial charge in [0.2, 0.25) is 5.91 Å². The highest BCUT2D eigenvalue weighted by molar-refractivity contribution is 5.89. The Bertz CT molecular complexity index is 622. The molecule has 0 atom stereocenters. The first-order valence-electron chi connectivity index (χ1n) is 7.48. The van der Waals surface area contributed by atoms with Crippen LogP contribution in [0.15, 0.2) is 30.3 Å². The number of amides is 1. The van der Waals surface area contributed by atoms with Gasteiger partial charge in [-0.25, -0.2) is 0 Å². The van der Waals surface area contributed by atoms with Crippen molar-refractivity contribution in [2.45, 2.75) is 45.1 Å². The quantitative estimate of drug-likeness (QED) is 0.906. The number of benzene rings is 1. The summed E-state index contributed by atoms with van der Waals surface area (Å²) < 4.78 is 0. The van der Waals surface area contributed by atoms with Crippen molar-refractivity contribution in [3.05, 3.63) is 52.8 Å². The van der Waals surface area contributed by atoms with Gasteiger partial charge in [0.05, 0.1) is 11.1 Å². The zero-order chi connectivity index (χ0) is 14.9. The van der Waals surface area contributed by atoms with Crippen molar-refractivity contribution in [2.75, 3.05) is 0 Å². The van der Waals surface area contributed by atoms with E-state index in [0.29, 0.717) is 6.54 Å². The van der Waals surface area contributed by atoms with E-state index in [4.69, 9.17) is 0 Å². The molecule has 2 aromatic rings. The van der Waals surface area contributed by atoms with Crippen LogP contribution in [0, 0.1) is 13.8 Å². The van der Waals surface area contributed by atoms with Crippen LogP contribution in [0.1, 0.15) is 41.8 Å². The van der Waals surface area contributed by atoms with Crippen molar-refractivity contribution in [3.8, 4) is 0 Å². The van der Waals surface area contributed by atoms with Gasteiger partial charge < -0.3 is 5.32 Å². The fourth-order valence-electron chi connectivity index (χ4n) is 3.11. The summed E-state index contributed by atoms with van der Waals surface area (Å²) in [4.78, 5) is 12.7. The Morgan fingerprint density at radius 3 is 2.52 bits per heavy atom. The van der Waals surface area contributed by atoms with Crippen molar-refractivity contribution >= 4 is 5.91 Å². The third kappa shape index (κ3) is 2.35. The molecule has 0 bridgehead atoms. The Morgan fingerprint density at radius 2 is 2.00 bits per heavy atom. The van der Waals surface area contributed by atoms with Crippen molar-refractivity contribution < 1.29 is 4.79 Å². The van der Waals surface area contributed by atoms with E-state index in [-0.39, 0.29) is 11.3 Å². The maximum absolute atomic E-state index is 12.7. The predicted molar refractivity (Wildman–Crippen MR) is 81.9 cm³/mol. The molecule has 21 heavy (non-hydrogen) atoms. The van der Waals surface area contributed by atoms with Crippen LogP contribution in [0.4, 0.5) is 0 Å². The van der Waals surface area contributed by atoms with E-state index >= 15 is 0 Å². The van der Waals surface area contributed by atoms with Gasteiger partial charge in [0.15, 0.2) is 0 Å². The molecule has 1 aromatic heterocycles. The van der Waals surface area contributed by atoms with E-state index in [1.165, 1.54) is 0 Å². The number of hydrogen-bond donors (Lipinski definition) is 2. The number of aryl methyl sites for hydroxylation is 2. The zero-order valence-corrected chi connectivity index (χ0v) is 12.6. The van der Waals surface area contributed by atoms with Crippen molar-refractivity contribution in [2.24, 2.45) is 0 Å². The second-order valence-corrected chi connectivity index (χ2v) is 5.90. The summed E-state index contributed by atoms with van der Waals surface area (Å²) in [6.07, 6.45) is 2.99. The number of H-pyrrole nitrogens is 1. The summed E-state index contributed by atoms with van der Waals surface area (Å²) in [5.41, 5.74) is 3.87. The Labute approximate surface area is 125 Å². The molecule has 1 saturated carbocycles. The number of aromatic amines is 1. The highest BCUT2D eigenvalue weighted by atomic mass is 16.2. The van der Waals surface area contributed by atoms with Crippen molar-refractivity contribution in [1.29, 1.82) is 0 Å². The first kappa shape index (κ1) is 13.9. The average Bonchev–Trinajstić information content (AvgIpc) is 2.76. The molecule has 0 saturated heterocycles. The van der Waals surface area contributed by atoms with Crippen LogP contribution in [0.5, 0.6) is 0 Å². The van der Waals surface area contributed by atoms with Crippen molar-refractivity contribution in [1.82, 2.24) is 15.5 Å². The molecule has 1 heterocycles. The lowest BCUT2D eigenvalue weighted by Crippen LogP contribution is -2.49. The molecule has 0 aliphatic heterocycles. The standard InChI is InChI=1S/C17H21N3O/c1-12-15(13(2)20-19-12)11-18-16(21)17(9-6-10-17)14-7-4-3-5-8-14/h3-5,7-8H,6,9-11H2,1-2H3,(H,18,21)(H,19,20). The minimum absolute atomic E-state index is 0.139. The monoisotopic (exact) mass is 283 g/mol. The van der Waals surface area contributed by atoms with Gasteiger partial charge >= 0.3 is 0 Å². The highest BCUT2D eigenvalue weighted by Gasteiger charge is 2.45. The predicted octanol–water partition coefficient (Wildman–Crippen LogP) is 2.76. The zero-order valence-electron chi connectivity index (χ0n) is 12.6. The molecule has 0 unspecified atom stereocenters. The lowest BCUT2D eigenvalue weighted by Gasteiger charge is -2.40. The molecule has 4 heteroatoms. The van der Waals surface area contributed by atoms with E-state index in [1.807, 2.05) is 32.0 Å². The Balaban J connectivity index is 1.75. The molecule has 1 amide bonds. The molecule has 2 N–H and O–H groups in total. The summed E-state index contributed by atoms with van der Waals surface area (Å²) in [6.45, 7) is 4.49. The van der Waals surface area contributed by atoms with E-state index in [9.17, 15) is 4.79 Å². The van der Waals surface area contributed by atoms with Crippen LogP contribution in [-0.4, -0.2) is 16.1 Å². The largest absolute Gasteiger partial charge is 0.351 e. The Hall–Kier alpha value is -2.10. The first-order valence-corrected chi connectivity index (χ1v) is 7.48. The third-order valence-corrected chi connectivity index (χ3v) is 4.67. The minimum Gasteiger partial charge on any atom is -0.351 e. The van der Waals surface area contributed by atoms with Crippen LogP contribution < -0.4 is 5.32 Å². The smallest absolute Gasteiger partial charge is 0.230 e. The van der Waals surface area contributed by atoms with Crippen LogP contribution in [-0.2, 0) is 16.8 Å². The topological polar surface area (TPSA) is 57.8 Å². The molecular weight excluding hydrogens is 262 g/mol. The lowest BCUT2D eigenvalue weighted by molar-refractivity contribution is -0.130. The second-order valence-electron chi connectivity index (χ2n) is 5.90. The van der Waals surface area contributed by atoms with E-state index in [1.54, 1.807) is 0 Å². The maximum atomic E-state index is 12.7. The summed E-state index contributed by atoms with van der Waals surface area (Å²) in [5.74, 6) is 0.139. The normalized spacial score (nSPS) is 16.3. The van der Waals surface area contributed by atoms with Crippen LogP contribution in [0.2, 0.25) is 0 Å². The lowest BCUT2D eigenvalue weighted by atomic mass is 9.64. The highest BCUT2D eigenvalue weighted by Crippen LogP contribution is 2.43. The number of hydrogen-bond acceptors (Lipinski definition) is 2. The molecule has 1 aliphatic carbocycles. The SMILES string of the molecule is Cc1n[nH]c(C)c1CNC(=O)C1(c2ccccc2)CCC1. The molecule has 1 fully saturated rings. The van der Waals surface area contributed by atoms with Gasteiger partial charge in [-0.2, -0.15) is 5.10 Å². The fraction of sp³-hybridized carbons (Fsp3) is 0.412. The fourth-order valence-corrected chi connectivity index (χ4v) is 3.11. The molecule has 0 radical (unpaired) electrons. The summed E-state index contributed by atoms with van der Waals surface area (Å²) in [5, 5.41) is 10.2. The van der Waals surface area contributed by atoms with Crippen LogP contribution >= 0.6 is 0 Å². The Morgan fingerprint density at radius 1 is 1.29 bits per heavy atom. The number of aromatic nitrogens is 2. The Kier molecular flexibility index (Phi) is 3.53. The number of carbonyl (C=O) groups is 1. The molecule has 3 rings (SSSR count). The number of carbonyl (C=O) groups excluding carboxylic acids is 1. The molecule has 0 spiro atoms. The third-order valence-electron chi connectivity index (χ3n) is 4.67. The average molecular weight is 283 g/mol. The van der Waals surface area contributed by atoms with Gasteiger partial charge in [-0.15, -0.1) is 0 Å². The van der Waals surface area contributed by atoms with E-state index in [0.717, 1.165) is 41.8 Å². The van der Waals surface area contributed by atoms with E-state index < -0.39 is 0 Å². The van der Waals surface area contributed by atoms with Gasteiger partial charge in [0.1, 0.15) is 0 Å². The van der Waals surface area contributed by atoms with Gasteiger partial charge in [0, 0.05) is 17.8 Å². The van der Waals surface area contributed by atoms with Crippen LogP contribution in [0.25, 0.3) is 0 Å². The molecule has 1 aliphatic rings. The molecular formula is C17H21N3O. The molecule has 110 valence electrons. The summed E-state index contributed by atoms with van der Waals surface area (Å²) in [6, 6.07) is 10.1. The number of nitrogens with one attached hydrogen (secondary N) is 2. The molecule has 1 aromatic carbocycles. The number of nitrogens with zero attached hydrogens (tertiary/aromatic N) is 1. The minimum atomic E-state index is -0.327. The number of rotatable bonds is 4. The second kappa shape index (κ2) is 5.35. The van der Waals surface area contributed by atoms with Crippen molar-refractivity contribution in [3.63, 3.8) is 0 Å². The summed E-state index contributed by atoms with van der Waals surface area (Å²) in [7, 11) is 0. The van der Waals surface area contributed by atoms with Gasteiger partial charge in [-0.3, -0.25) is 9.89 Å². The van der Waals surface area contributed by atoms with Crippen LogP contribution in [0.3, 0.4) is 0 Å². The molecule has 4 nitrogen and oxygen atoms in total. The summed E-state index contributed by atoms with van der Waals surface area (Å²) >= 11 is 0.